The van der Waals surface area contributed by atoms with E-state index >= 15 is 0 Å². The highest BCUT2D eigenvalue weighted by molar-refractivity contribution is 5.87. The van der Waals surface area contributed by atoms with Crippen molar-refractivity contribution in [1.29, 1.82) is 0 Å². The Labute approximate surface area is 171 Å². The maximum absolute atomic E-state index is 12.3. The van der Waals surface area contributed by atoms with Crippen molar-refractivity contribution in [1.82, 2.24) is 0 Å². The van der Waals surface area contributed by atoms with E-state index in [-0.39, 0.29) is 0 Å². The highest BCUT2D eigenvalue weighted by Crippen LogP contribution is 2.58. The van der Waals surface area contributed by atoms with Gasteiger partial charge in [-0.15, -0.1) is 0 Å². The standard InChI is InChI=1S/C24H42O4/c1-2-3-4-5-6-7-8-10-13-20-14-18-24(19-15-20,22(27)28)23(21(25)26)16-11-9-12-17-23/h20H,2-19H2,1H3,(H,25,26)(H,27,28)/t20-,24-. The van der Waals surface area contributed by atoms with Crippen LogP contribution in [0.25, 0.3) is 0 Å². The molecule has 0 unspecified atom stereocenters. The molecule has 0 amide bonds. The van der Waals surface area contributed by atoms with Crippen LogP contribution in [0, 0.1) is 16.7 Å². The van der Waals surface area contributed by atoms with Gasteiger partial charge in [0.25, 0.3) is 0 Å². The van der Waals surface area contributed by atoms with Gasteiger partial charge in [-0.25, -0.2) is 0 Å². The smallest absolute Gasteiger partial charge is 0.310 e. The Morgan fingerprint density at radius 2 is 1.18 bits per heavy atom. The number of aliphatic carboxylic acids is 2. The molecule has 0 aromatic carbocycles. The molecule has 2 fully saturated rings. The summed E-state index contributed by atoms with van der Waals surface area (Å²) in [6, 6.07) is 0. The van der Waals surface area contributed by atoms with E-state index in [0.29, 0.717) is 31.6 Å². The Morgan fingerprint density at radius 1 is 0.714 bits per heavy atom. The summed E-state index contributed by atoms with van der Waals surface area (Å²) in [7, 11) is 0. The Balaban J connectivity index is 1.82. The van der Waals surface area contributed by atoms with Gasteiger partial charge in [-0.05, 0) is 44.4 Å². The minimum atomic E-state index is -1.05. The Hall–Kier alpha value is -1.06. The van der Waals surface area contributed by atoms with E-state index < -0.39 is 22.8 Å². The van der Waals surface area contributed by atoms with Crippen LogP contribution in [0.3, 0.4) is 0 Å². The maximum Gasteiger partial charge on any atom is 0.310 e. The second kappa shape index (κ2) is 11.2. The fourth-order valence-electron chi connectivity index (χ4n) is 5.98. The molecule has 0 aromatic rings. The van der Waals surface area contributed by atoms with Crippen LogP contribution in [-0.2, 0) is 9.59 Å². The second-order valence-electron chi connectivity index (χ2n) is 9.54. The van der Waals surface area contributed by atoms with Crippen LogP contribution in [0.4, 0.5) is 0 Å². The molecule has 4 heteroatoms. The molecule has 0 aromatic heterocycles. The molecule has 0 atom stereocenters. The number of carbonyl (C=O) groups is 2. The molecule has 4 nitrogen and oxygen atoms in total. The zero-order valence-electron chi connectivity index (χ0n) is 18.0. The zero-order valence-corrected chi connectivity index (χ0v) is 18.0. The van der Waals surface area contributed by atoms with E-state index in [4.69, 9.17) is 0 Å². The molecule has 0 spiro atoms. The topological polar surface area (TPSA) is 74.6 Å². The third kappa shape index (κ3) is 5.30. The lowest BCUT2D eigenvalue weighted by Crippen LogP contribution is -2.55. The monoisotopic (exact) mass is 394 g/mol. The summed E-state index contributed by atoms with van der Waals surface area (Å²) in [6.45, 7) is 2.25. The summed E-state index contributed by atoms with van der Waals surface area (Å²) in [5.41, 5.74) is -2.09. The molecular formula is C24H42O4. The van der Waals surface area contributed by atoms with Gasteiger partial charge >= 0.3 is 11.9 Å². The first kappa shape index (κ1) is 23.2. The molecule has 2 rings (SSSR count). The second-order valence-corrected chi connectivity index (χ2v) is 9.54. The van der Waals surface area contributed by atoms with Gasteiger partial charge in [0.05, 0.1) is 10.8 Å². The highest BCUT2D eigenvalue weighted by atomic mass is 16.4. The summed E-state index contributed by atoms with van der Waals surface area (Å²) in [5.74, 6) is -1.14. The Bertz CT molecular complexity index is 485. The predicted octanol–water partition coefficient (Wildman–Crippen LogP) is 6.81. The SMILES string of the molecule is CCCCCCCCCC[C@H]1CC[C@](C(=O)O)(C2(C(=O)O)CCCCC2)CC1. The maximum atomic E-state index is 12.3. The molecule has 162 valence electrons. The van der Waals surface area contributed by atoms with Gasteiger partial charge < -0.3 is 10.2 Å². The molecule has 2 aliphatic rings. The van der Waals surface area contributed by atoms with Gasteiger partial charge in [-0.3, -0.25) is 9.59 Å². The first-order valence-corrected chi connectivity index (χ1v) is 12.0. The largest absolute Gasteiger partial charge is 0.481 e. The zero-order chi connectivity index (χ0) is 20.5. The minimum absolute atomic E-state index is 0.539. The van der Waals surface area contributed by atoms with E-state index in [1.807, 2.05) is 0 Å². The number of carboxylic acid groups (broad SMARTS) is 2. The van der Waals surface area contributed by atoms with Crippen LogP contribution >= 0.6 is 0 Å². The number of rotatable bonds is 12. The molecule has 2 N–H and O–H groups in total. The van der Waals surface area contributed by atoms with E-state index in [1.165, 1.54) is 57.8 Å². The van der Waals surface area contributed by atoms with Crippen LogP contribution in [0.2, 0.25) is 0 Å². The first-order chi connectivity index (χ1) is 13.5. The van der Waals surface area contributed by atoms with E-state index in [2.05, 4.69) is 6.92 Å². The van der Waals surface area contributed by atoms with Crippen molar-refractivity contribution in [2.45, 2.75) is 122 Å². The third-order valence-electron chi connectivity index (χ3n) is 7.87. The summed E-state index contributed by atoms with van der Waals surface area (Å²) < 4.78 is 0. The van der Waals surface area contributed by atoms with Crippen molar-refractivity contribution < 1.29 is 19.8 Å². The van der Waals surface area contributed by atoms with E-state index in [1.54, 1.807) is 0 Å². The first-order valence-electron chi connectivity index (χ1n) is 12.0. The van der Waals surface area contributed by atoms with Gasteiger partial charge in [-0.2, -0.15) is 0 Å². The quantitative estimate of drug-likeness (QED) is 0.356. The average molecular weight is 395 g/mol. The molecule has 0 aliphatic heterocycles. The van der Waals surface area contributed by atoms with Gasteiger partial charge in [0.2, 0.25) is 0 Å². The predicted molar refractivity (Wildman–Crippen MR) is 112 cm³/mol. The van der Waals surface area contributed by atoms with Gasteiger partial charge in [0, 0.05) is 0 Å². The molecule has 0 bridgehead atoms. The summed E-state index contributed by atoms with van der Waals surface area (Å²) in [4.78, 5) is 24.6. The lowest BCUT2D eigenvalue weighted by atomic mass is 9.51. The fraction of sp³-hybridized carbons (Fsp3) is 0.917. The fourth-order valence-corrected chi connectivity index (χ4v) is 5.98. The molecule has 2 saturated carbocycles. The normalized spacial score (nSPS) is 27.4. The van der Waals surface area contributed by atoms with E-state index in [0.717, 1.165) is 32.1 Å². The van der Waals surface area contributed by atoms with Crippen molar-refractivity contribution in [3.05, 3.63) is 0 Å². The Morgan fingerprint density at radius 3 is 1.68 bits per heavy atom. The third-order valence-corrected chi connectivity index (χ3v) is 7.87. The molecule has 0 saturated heterocycles. The van der Waals surface area contributed by atoms with E-state index in [9.17, 15) is 19.8 Å². The summed E-state index contributed by atoms with van der Waals surface area (Å²) in [5, 5.41) is 20.1. The van der Waals surface area contributed by atoms with Crippen molar-refractivity contribution >= 4 is 11.9 Å². The Kier molecular flexibility index (Phi) is 9.30. The summed E-state index contributed by atoms with van der Waals surface area (Å²) >= 11 is 0. The molecule has 0 radical (unpaired) electrons. The lowest BCUT2D eigenvalue weighted by molar-refractivity contribution is -0.183. The number of carboxylic acids is 2. The highest BCUT2D eigenvalue weighted by Gasteiger charge is 2.61. The van der Waals surface area contributed by atoms with Gasteiger partial charge in [-0.1, -0.05) is 84.0 Å². The number of unbranched alkanes of at least 4 members (excludes halogenated alkanes) is 7. The average Bonchev–Trinajstić information content (AvgIpc) is 2.70. The van der Waals surface area contributed by atoms with Crippen LogP contribution in [-0.4, -0.2) is 22.2 Å². The summed E-state index contributed by atoms with van der Waals surface area (Å²) in [6.07, 6.45) is 18.4. The molecular weight excluding hydrogens is 352 g/mol. The van der Waals surface area contributed by atoms with Crippen molar-refractivity contribution in [2.24, 2.45) is 16.7 Å². The minimum Gasteiger partial charge on any atom is -0.481 e. The lowest BCUT2D eigenvalue weighted by Gasteiger charge is -2.50. The molecule has 28 heavy (non-hydrogen) atoms. The van der Waals surface area contributed by atoms with Crippen LogP contribution in [0.1, 0.15) is 122 Å². The van der Waals surface area contributed by atoms with Crippen molar-refractivity contribution in [3.63, 3.8) is 0 Å². The van der Waals surface area contributed by atoms with Crippen molar-refractivity contribution in [3.8, 4) is 0 Å². The van der Waals surface area contributed by atoms with Crippen LogP contribution in [0.5, 0.6) is 0 Å². The number of hydrogen-bond acceptors (Lipinski definition) is 2. The van der Waals surface area contributed by atoms with Crippen LogP contribution < -0.4 is 0 Å². The molecule has 0 heterocycles. The van der Waals surface area contributed by atoms with Crippen molar-refractivity contribution in [2.75, 3.05) is 0 Å². The number of hydrogen-bond donors (Lipinski definition) is 2. The van der Waals surface area contributed by atoms with Gasteiger partial charge in [0.15, 0.2) is 0 Å². The molecule has 2 aliphatic carbocycles. The van der Waals surface area contributed by atoms with Crippen LogP contribution in [0.15, 0.2) is 0 Å². The van der Waals surface area contributed by atoms with Gasteiger partial charge in [0.1, 0.15) is 0 Å².